The number of fused-ring (bicyclic) bond motifs is 1. The Hall–Kier alpha value is -2.36. The number of hydrogen-bond acceptors (Lipinski definition) is 4. The minimum atomic E-state index is -0.440. The lowest BCUT2D eigenvalue weighted by molar-refractivity contribution is -0.130. The van der Waals surface area contributed by atoms with Crippen LogP contribution in [-0.4, -0.2) is 16.9 Å². The zero-order valence-corrected chi connectivity index (χ0v) is 14.7. The highest BCUT2D eigenvalue weighted by Gasteiger charge is 2.38. The Balaban J connectivity index is 1.74. The van der Waals surface area contributed by atoms with E-state index in [2.05, 4.69) is 13.5 Å². The number of rotatable bonds is 3. The Morgan fingerprint density at radius 3 is 2.56 bits per heavy atom. The number of carbonyl (C=O) groups is 2. The first kappa shape index (κ1) is 17.5. The van der Waals surface area contributed by atoms with Crippen molar-refractivity contribution in [2.45, 2.75) is 39.5 Å². The second kappa shape index (κ2) is 6.87. The molecule has 1 fully saturated rings. The van der Waals surface area contributed by atoms with Crippen LogP contribution in [0.1, 0.15) is 39.5 Å². The van der Waals surface area contributed by atoms with Crippen molar-refractivity contribution in [2.75, 3.05) is 0 Å². The van der Waals surface area contributed by atoms with Crippen molar-refractivity contribution in [3.8, 4) is 11.5 Å². The van der Waals surface area contributed by atoms with Crippen LogP contribution in [0.4, 0.5) is 0 Å². The molecule has 4 heteroatoms. The number of carbonyl (C=O) groups excluding carboxylic acids is 2. The molecule has 1 aromatic carbocycles. The normalized spacial score (nSPS) is 26.2. The molecular weight excluding hydrogens is 316 g/mol. The molecule has 0 heterocycles. The summed E-state index contributed by atoms with van der Waals surface area (Å²) >= 11 is 0. The smallest absolute Gasteiger partial charge is 0.339 e. The average molecular weight is 340 g/mol. The van der Waals surface area contributed by atoms with E-state index in [4.69, 9.17) is 4.74 Å². The van der Waals surface area contributed by atoms with Crippen molar-refractivity contribution in [3.05, 3.63) is 47.6 Å². The average Bonchev–Trinajstić information content (AvgIpc) is 2.77. The number of hydrogen-bond donors (Lipinski definition) is 1. The summed E-state index contributed by atoms with van der Waals surface area (Å²) in [5.74, 6) is 1.08. The maximum Gasteiger partial charge on any atom is 0.339 e. The molecule has 0 spiro atoms. The standard InChI is InChI=1S/C21H24O4/c1-12-4-5-15(10-19-14(3)20(23)11-18(12)19)13(2)21(24)25-17-8-6-16(22)7-9-17/h6-9,12,15,18,22H,2,4-5,10-11H2,1,3H3/t12?,15-,18-/m0/s1. The Labute approximate surface area is 148 Å². The van der Waals surface area contributed by atoms with E-state index in [0.29, 0.717) is 29.6 Å². The van der Waals surface area contributed by atoms with E-state index < -0.39 is 5.97 Å². The molecule has 25 heavy (non-hydrogen) atoms. The summed E-state index contributed by atoms with van der Waals surface area (Å²) in [5, 5.41) is 9.30. The van der Waals surface area contributed by atoms with Crippen LogP contribution >= 0.6 is 0 Å². The van der Waals surface area contributed by atoms with Crippen LogP contribution in [0, 0.1) is 17.8 Å². The summed E-state index contributed by atoms with van der Waals surface area (Å²) in [7, 11) is 0. The second-order valence-corrected chi connectivity index (χ2v) is 7.25. The predicted octanol–water partition coefficient (Wildman–Crippen LogP) is 4.20. The van der Waals surface area contributed by atoms with E-state index in [0.717, 1.165) is 24.8 Å². The first-order valence-corrected chi connectivity index (χ1v) is 8.79. The molecule has 4 nitrogen and oxygen atoms in total. The largest absolute Gasteiger partial charge is 0.508 e. The van der Waals surface area contributed by atoms with Gasteiger partial charge in [0.05, 0.1) is 0 Å². The Morgan fingerprint density at radius 1 is 1.20 bits per heavy atom. The number of ether oxygens (including phenoxy) is 1. The van der Waals surface area contributed by atoms with Crippen molar-refractivity contribution >= 4 is 11.8 Å². The third-order valence-electron chi connectivity index (χ3n) is 5.68. The van der Waals surface area contributed by atoms with E-state index in [9.17, 15) is 14.7 Å². The van der Waals surface area contributed by atoms with E-state index in [1.165, 1.54) is 17.7 Å². The quantitative estimate of drug-likeness (QED) is 0.509. The zero-order chi connectivity index (χ0) is 18.1. The molecule has 3 atom stereocenters. The van der Waals surface area contributed by atoms with Crippen LogP contribution in [0.3, 0.4) is 0 Å². The van der Waals surface area contributed by atoms with Crippen LogP contribution in [0.2, 0.25) is 0 Å². The van der Waals surface area contributed by atoms with Gasteiger partial charge < -0.3 is 9.84 Å². The molecule has 0 saturated heterocycles. The monoisotopic (exact) mass is 340 g/mol. The third kappa shape index (κ3) is 3.53. The van der Waals surface area contributed by atoms with Gasteiger partial charge in [-0.3, -0.25) is 4.79 Å². The number of Topliss-reactive ketones (excluding diaryl/α,β-unsaturated/α-hetero) is 1. The Bertz CT molecular complexity index is 742. The fourth-order valence-electron chi connectivity index (χ4n) is 3.97. The van der Waals surface area contributed by atoms with Gasteiger partial charge in [-0.05, 0) is 73.8 Å². The highest BCUT2D eigenvalue weighted by molar-refractivity contribution is 5.98. The minimum Gasteiger partial charge on any atom is -0.508 e. The number of phenols is 1. The zero-order valence-electron chi connectivity index (χ0n) is 14.7. The van der Waals surface area contributed by atoms with Gasteiger partial charge in [0, 0.05) is 12.0 Å². The van der Waals surface area contributed by atoms with Gasteiger partial charge >= 0.3 is 5.97 Å². The van der Waals surface area contributed by atoms with Crippen molar-refractivity contribution < 1.29 is 19.4 Å². The molecule has 132 valence electrons. The summed E-state index contributed by atoms with van der Waals surface area (Å²) in [6, 6.07) is 6.05. The van der Waals surface area contributed by atoms with Gasteiger partial charge in [0.2, 0.25) is 0 Å². The summed E-state index contributed by atoms with van der Waals surface area (Å²) in [5.41, 5.74) is 2.54. The summed E-state index contributed by atoms with van der Waals surface area (Å²) in [6.45, 7) is 8.08. The topological polar surface area (TPSA) is 63.6 Å². The van der Waals surface area contributed by atoms with Gasteiger partial charge in [0.15, 0.2) is 5.78 Å². The van der Waals surface area contributed by atoms with Gasteiger partial charge in [0.25, 0.3) is 0 Å². The Kier molecular flexibility index (Phi) is 4.80. The molecule has 1 unspecified atom stereocenters. The van der Waals surface area contributed by atoms with Crippen LogP contribution < -0.4 is 4.74 Å². The number of allylic oxidation sites excluding steroid dienone is 2. The molecule has 0 aromatic heterocycles. The summed E-state index contributed by atoms with van der Waals surface area (Å²) < 4.78 is 5.38. The molecule has 0 radical (unpaired) electrons. The molecule has 2 aliphatic carbocycles. The van der Waals surface area contributed by atoms with Crippen molar-refractivity contribution in [1.29, 1.82) is 0 Å². The maximum atomic E-state index is 12.5. The molecule has 2 aliphatic rings. The molecule has 1 saturated carbocycles. The first-order chi connectivity index (χ1) is 11.9. The fraction of sp³-hybridized carbons (Fsp3) is 0.429. The van der Waals surface area contributed by atoms with E-state index in [1.54, 1.807) is 12.1 Å². The van der Waals surface area contributed by atoms with Gasteiger partial charge in [-0.1, -0.05) is 19.1 Å². The van der Waals surface area contributed by atoms with Crippen LogP contribution in [-0.2, 0) is 9.59 Å². The van der Waals surface area contributed by atoms with E-state index in [-0.39, 0.29) is 17.5 Å². The highest BCUT2D eigenvalue weighted by Crippen LogP contribution is 2.45. The van der Waals surface area contributed by atoms with Crippen molar-refractivity contribution in [1.82, 2.24) is 0 Å². The van der Waals surface area contributed by atoms with Crippen LogP contribution in [0.25, 0.3) is 0 Å². The van der Waals surface area contributed by atoms with Gasteiger partial charge in [0.1, 0.15) is 11.5 Å². The molecule has 1 N–H and O–H groups in total. The van der Waals surface area contributed by atoms with Crippen molar-refractivity contribution in [2.24, 2.45) is 17.8 Å². The number of benzene rings is 1. The predicted molar refractivity (Wildman–Crippen MR) is 95.2 cm³/mol. The summed E-state index contributed by atoms with van der Waals surface area (Å²) in [6.07, 6.45) is 3.19. The number of ketones is 1. The molecule has 0 amide bonds. The lowest BCUT2D eigenvalue weighted by Crippen LogP contribution is -2.18. The SMILES string of the molecule is C=C(C(=O)Oc1ccc(O)cc1)[C@H]1CCC(C)[C@@H]2CC(=O)C(C)=C2C1. The highest BCUT2D eigenvalue weighted by atomic mass is 16.5. The number of phenolic OH excluding ortho intramolecular Hbond substituents is 1. The summed E-state index contributed by atoms with van der Waals surface area (Å²) in [4.78, 5) is 24.5. The molecule has 3 rings (SSSR count). The van der Waals surface area contributed by atoms with Gasteiger partial charge in [-0.2, -0.15) is 0 Å². The Morgan fingerprint density at radius 2 is 1.88 bits per heavy atom. The second-order valence-electron chi connectivity index (χ2n) is 7.25. The molecule has 1 aromatic rings. The number of esters is 1. The lowest BCUT2D eigenvalue weighted by Gasteiger charge is -2.19. The van der Waals surface area contributed by atoms with Crippen molar-refractivity contribution in [3.63, 3.8) is 0 Å². The van der Waals surface area contributed by atoms with E-state index in [1.807, 2.05) is 6.92 Å². The van der Waals surface area contributed by atoms with Crippen LogP contribution in [0.5, 0.6) is 11.5 Å². The lowest BCUT2D eigenvalue weighted by atomic mass is 9.86. The minimum absolute atomic E-state index is 0.00733. The maximum absolute atomic E-state index is 12.5. The third-order valence-corrected chi connectivity index (χ3v) is 5.68. The number of aromatic hydroxyl groups is 1. The first-order valence-electron chi connectivity index (χ1n) is 8.79. The van der Waals surface area contributed by atoms with E-state index >= 15 is 0 Å². The molecule has 0 bridgehead atoms. The van der Waals surface area contributed by atoms with Crippen LogP contribution in [0.15, 0.2) is 47.6 Å². The van der Waals surface area contributed by atoms with Gasteiger partial charge in [-0.25, -0.2) is 4.79 Å². The molecule has 0 aliphatic heterocycles. The molecular formula is C21H24O4. The fourth-order valence-corrected chi connectivity index (χ4v) is 3.97. The van der Waals surface area contributed by atoms with Gasteiger partial charge in [-0.15, -0.1) is 0 Å².